The lowest BCUT2D eigenvalue weighted by Crippen LogP contribution is -2.41. The van der Waals surface area contributed by atoms with E-state index < -0.39 is 5.97 Å². The highest BCUT2D eigenvalue weighted by Crippen LogP contribution is 2.08. The summed E-state index contributed by atoms with van der Waals surface area (Å²) < 4.78 is 0. The van der Waals surface area contributed by atoms with Gasteiger partial charge in [-0.05, 0) is 44.7 Å². The Morgan fingerprint density at radius 2 is 2.19 bits per heavy atom. The molecule has 1 aromatic heterocycles. The molecule has 5 nitrogen and oxygen atoms in total. The summed E-state index contributed by atoms with van der Waals surface area (Å²) in [5.41, 5.74) is 0. The van der Waals surface area contributed by atoms with Gasteiger partial charge in [0.25, 0.3) is 0 Å². The number of carbonyl (C=O) groups excluding carboxylic acids is 1. The van der Waals surface area contributed by atoms with Gasteiger partial charge in [0.05, 0.1) is 6.54 Å². The minimum Gasteiger partial charge on any atom is -0.481 e. The van der Waals surface area contributed by atoms with Crippen LogP contribution in [0, 0.1) is 0 Å². The molecule has 0 spiro atoms. The second kappa shape index (κ2) is 9.52. The fourth-order valence-electron chi connectivity index (χ4n) is 1.97. The maximum absolute atomic E-state index is 11.9. The highest BCUT2D eigenvalue weighted by molar-refractivity contribution is 7.09. The van der Waals surface area contributed by atoms with Crippen LogP contribution in [-0.2, 0) is 16.0 Å². The van der Waals surface area contributed by atoms with E-state index in [1.165, 1.54) is 4.88 Å². The Bertz CT molecular complexity index is 432. The molecule has 0 aliphatic rings. The van der Waals surface area contributed by atoms with Gasteiger partial charge in [-0.2, -0.15) is 0 Å². The summed E-state index contributed by atoms with van der Waals surface area (Å²) >= 11 is 1.69. The van der Waals surface area contributed by atoms with Gasteiger partial charge in [-0.1, -0.05) is 6.07 Å². The molecular weight excluding hydrogens is 288 g/mol. The Morgan fingerprint density at radius 1 is 1.43 bits per heavy atom. The monoisotopic (exact) mass is 312 g/mol. The first-order valence-electron chi connectivity index (χ1n) is 7.24. The molecule has 6 heteroatoms. The van der Waals surface area contributed by atoms with Crippen LogP contribution in [0.3, 0.4) is 0 Å². The molecule has 1 aromatic rings. The molecule has 0 atom stereocenters. The Morgan fingerprint density at radius 3 is 2.76 bits per heavy atom. The zero-order valence-electron chi connectivity index (χ0n) is 12.7. The molecule has 0 fully saturated rings. The molecule has 0 radical (unpaired) electrons. The van der Waals surface area contributed by atoms with Crippen LogP contribution in [0.2, 0.25) is 0 Å². The van der Waals surface area contributed by atoms with E-state index in [4.69, 9.17) is 5.11 Å². The number of aliphatic carboxylic acids is 1. The molecule has 1 amide bonds. The van der Waals surface area contributed by atoms with Crippen molar-refractivity contribution in [3.63, 3.8) is 0 Å². The first kappa shape index (κ1) is 17.7. The molecule has 21 heavy (non-hydrogen) atoms. The zero-order chi connectivity index (χ0) is 15.7. The van der Waals surface area contributed by atoms with Gasteiger partial charge in [-0.3, -0.25) is 14.5 Å². The maximum Gasteiger partial charge on any atom is 0.303 e. The number of rotatable bonds is 10. The van der Waals surface area contributed by atoms with Crippen LogP contribution in [0.1, 0.15) is 31.6 Å². The van der Waals surface area contributed by atoms with Crippen molar-refractivity contribution in [1.29, 1.82) is 0 Å². The molecule has 0 aliphatic heterocycles. The Kier molecular flexibility index (Phi) is 8.00. The van der Waals surface area contributed by atoms with Gasteiger partial charge in [0, 0.05) is 23.9 Å². The summed E-state index contributed by atoms with van der Waals surface area (Å²) in [5.74, 6) is -0.797. The van der Waals surface area contributed by atoms with Crippen LogP contribution >= 0.6 is 11.3 Å². The summed E-state index contributed by atoms with van der Waals surface area (Å²) in [4.78, 5) is 25.7. The van der Waals surface area contributed by atoms with Crippen LogP contribution in [-0.4, -0.2) is 47.6 Å². The van der Waals surface area contributed by atoms with Crippen molar-refractivity contribution in [2.75, 3.05) is 19.6 Å². The Balaban J connectivity index is 2.26. The smallest absolute Gasteiger partial charge is 0.303 e. The molecule has 0 aromatic carbocycles. The van der Waals surface area contributed by atoms with Crippen LogP contribution in [0.25, 0.3) is 0 Å². The van der Waals surface area contributed by atoms with Gasteiger partial charge in [0.15, 0.2) is 0 Å². The number of amides is 1. The first-order valence-corrected chi connectivity index (χ1v) is 8.12. The third-order valence-corrected chi connectivity index (χ3v) is 4.12. The van der Waals surface area contributed by atoms with E-state index in [-0.39, 0.29) is 18.4 Å². The molecule has 0 unspecified atom stereocenters. The molecule has 118 valence electrons. The summed E-state index contributed by atoms with van der Waals surface area (Å²) in [6.45, 7) is 5.61. The number of hydrogen-bond donors (Lipinski definition) is 2. The average Bonchev–Trinajstić information content (AvgIpc) is 2.90. The van der Waals surface area contributed by atoms with E-state index in [0.29, 0.717) is 26.1 Å². The highest BCUT2D eigenvalue weighted by atomic mass is 32.1. The quantitative estimate of drug-likeness (QED) is 0.693. The fraction of sp³-hybridized carbons (Fsp3) is 0.600. The fourth-order valence-corrected chi connectivity index (χ4v) is 2.68. The summed E-state index contributed by atoms with van der Waals surface area (Å²) in [6.07, 6.45) is 1.56. The standard InChI is InChI=1S/C15H24N2O3S/c1-12(2)17(9-3-6-15(19)20)11-14(18)16-8-7-13-5-4-10-21-13/h4-5,10,12H,3,6-9,11H2,1-2H3,(H,16,18)(H,19,20). The number of carboxylic acid groups (broad SMARTS) is 1. The third kappa shape index (κ3) is 7.82. The second-order valence-electron chi connectivity index (χ2n) is 5.24. The van der Waals surface area contributed by atoms with Gasteiger partial charge in [-0.15, -0.1) is 11.3 Å². The summed E-state index contributed by atoms with van der Waals surface area (Å²) in [5, 5.41) is 13.6. The lowest BCUT2D eigenvalue weighted by Gasteiger charge is -2.25. The van der Waals surface area contributed by atoms with Crippen molar-refractivity contribution in [1.82, 2.24) is 10.2 Å². The van der Waals surface area contributed by atoms with Gasteiger partial charge in [0.1, 0.15) is 0 Å². The topological polar surface area (TPSA) is 69.6 Å². The number of nitrogens with zero attached hydrogens (tertiary/aromatic N) is 1. The van der Waals surface area contributed by atoms with Crippen molar-refractivity contribution in [3.05, 3.63) is 22.4 Å². The molecule has 0 saturated heterocycles. The number of carbonyl (C=O) groups is 2. The van der Waals surface area contributed by atoms with Gasteiger partial charge >= 0.3 is 5.97 Å². The molecule has 2 N–H and O–H groups in total. The van der Waals surface area contributed by atoms with Gasteiger partial charge < -0.3 is 10.4 Å². The van der Waals surface area contributed by atoms with Crippen LogP contribution in [0.5, 0.6) is 0 Å². The lowest BCUT2D eigenvalue weighted by molar-refractivity contribution is -0.137. The maximum atomic E-state index is 11.9. The second-order valence-corrected chi connectivity index (χ2v) is 6.27. The zero-order valence-corrected chi connectivity index (χ0v) is 13.5. The van der Waals surface area contributed by atoms with Crippen molar-refractivity contribution in [2.24, 2.45) is 0 Å². The summed E-state index contributed by atoms with van der Waals surface area (Å²) in [6, 6.07) is 4.29. The van der Waals surface area contributed by atoms with E-state index in [1.807, 2.05) is 30.2 Å². The minimum absolute atomic E-state index is 0.00409. The molecular formula is C15H24N2O3S. The number of nitrogens with one attached hydrogen (secondary N) is 1. The van der Waals surface area contributed by atoms with E-state index in [2.05, 4.69) is 11.4 Å². The van der Waals surface area contributed by atoms with Gasteiger partial charge in [-0.25, -0.2) is 0 Å². The normalized spacial score (nSPS) is 11.0. The van der Waals surface area contributed by atoms with E-state index in [0.717, 1.165) is 6.42 Å². The average molecular weight is 312 g/mol. The molecule has 0 saturated carbocycles. The molecule has 1 rings (SSSR count). The van der Waals surface area contributed by atoms with Crippen LogP contribution < -0.4 is 5.32 Å². The number of hydrogen-bond acceptors (Lipinski definition) is 4. The number of thiophene rings is 1. The van der Waals surface area contributed by atoms with Crippen LogP contribution in [0.4, 0.5) is 0 Å². The third-order valence-electron chi connectivity index (χ3n) is 3.19. The SMILES string of the molecule is CC(C)N(CCCC(=O)O)CC(=O)NCCc1cccs1. The molecule has 0 bridgehead atoms. The summed E-state index contributed by atoms with van der Waals surface area (Å²) in [7, 11) is 0. The number of carboxylic acids is 1. The largest absolute Gasteiger partial charge is 0.481 e. The van der Waals surface area contributed by atoms with Crippen molar-refractivity contribution in [3.8, 4) is 0 Å². The molecule has 0 aliphatic carbocycles. The van der Waals surface area contributed by atoms with E-state index in [9.17, 15) is 9.59 Å². The highest BCUT2D eigenvalue weighted by Gasteiger charge is 2.14. The van der Waals surface area contributed by atoms with Crippen molar-refractivity contribution < 1.29 is 14.7 Å². The molecule has 1 heterocycles. The van der Waals surface area contributed by atoms with Crippen LogP contribution in [0.15, 0.2) is 17.5 Å². The lowest BCUT2D eigenvalue weighted by atomic mass is 10.2. The first-order chi connectivity index (χ1) is 9.99. The Hall–Kier alpha value is -1.40. The van der Waals surface area contributed by atoms with Crippen molar-refractivity contribution >= 4 is 23.2 Å². The van der Waals surface area contributed by atoms with Crippen molar-refractivity contribution in [2.45, 2.75) is 39.2 Å². The predicted octanol–water partition coefficient (Wildman–Crippen LogP) is 1.98. The predicted molar refractivity (Wildman–Crippen MR) is 84.6 cm³/mol. The minimum atomic E-state index is -0.792. The van der Waals surface area contributed by atoms with E-state index >= 15 is 0 Å². The van der Waals surface area contributed by atoms with E-state index in [1.54, 1.807) is 11.3 Å². The van der Waals surface area contributed by atoms with Gasteiger partial charge in [0.2, 0.25) is 5.91 Å². The Labute approximate surface area is 130 Å².